The maximum Gasteiger partial charge on any atom is 0.417 e. The Kier molecular flexibility index (Phi) is 8.59. The molecule has 2 heterocycles. The molecule has 8 heteroatoms. The molecule has 194 valence electrons. The summed E-state index contributed by atoms with van der Waals surface area (Å²) >= 11 is 0. The molecule has 0 aliphatic rings. The molecule has 5 nitrogen and oxygen atoms in total. The molecule has 0 aliphatic carbocycles. The topological polar surface area (TPSA) is 64.1 Å². The number of halogens is 3. The smallest absolute Gasteiger partial charge is 0.417 e. The average molecular weight is 510 g/mol. The molecular formula is C29H30F3N3O2. The van der Waals surface area contributed by atoms with Crippen LogP contribution in [0.4, 0.5) is 13.2 Å². The number of hydrogen-bond acceptors (Lipinski definition) is 4. The Labute approximate surface area is 215 Å². The largest absolute Gasteiger partial charge is 0.462 e. The Hall–Kier alpha value is -3.86. The number of pyridine rings is 2. The summed E-state index contributed by atoms with van der Waals surface area (Å²) in [6, 6.07) is 11.8. The van der Waals surface area contributed by atoms with E-state index in [1.54, 1.807) is 33.2 Å². The maximum absolute atomic E-state index is 13.2. The van der Waals surface area contributed by atoms with Gasteiger partial charge in [-0.25, -0.2) is 4.98 Å². The molecule has 0 aliphatic heterocycles. The van der Waals surface area contributed by atoms with Crippen molar-refractivity contribution in [2.24, 2.45) is 0 Å². The van der Waals surface area contributed by atoms with Gasteiger partial charge in [-0.15, -0.1) is 5.92 Å². The molecule has 3 aromatic rings. The number of amides is 1. The molecule has 0 bridgehead atoms. The minimum Gasteiger partial charge on any atom is -0.462 e. The highest BCUT2D eigenvalue weighted by atomic mass is 19.4. The summed E-state index contributed by atoms with van der Waals surface area (Å²) in [5, 5.41) is 3.02. The summed E-state index contributed by atoms with van der Waals surface area (Å²) in [5.74, 6) is 5.27. The van der Waals surface area contributed by atoms with Crippen molar-refractivity contribution in [2.75, 3.05) is 0 Å². The Bertz CT molecular complexity index is 1270. The third-order valence-electron chi connectivity index (χ3n) is 5.97. The van der Waals surface area contributed by atoms with Gasteiger partial charge in [0.25, 0.3) is 5.91 Å². The maximum atomic E-state index is 13.2. The summed E-state index contributed by atoms with van der Waals surface area (Å²) in [5.41, 5.74) is 1.69. The van der Waals surface area contributed by atoms with E-state index in [-0.39, 0.29) is 17.8 Å². The molecule has 2 unspecified atom stereocenters. The number of nitrogens with zero attached hydrogens (tertiary/aromatic N) is 2. The number of benzene rings is 1. The van der Waals surface area contributed by atoms with Gasteiger partial charge in [0.2, 0.25) is 5.88 Å². The summed E-state index contributed by atoms with van der Waals surface area (Å²) < 4.78 is 44.2. The zero-order chi connectivity index (χ0) is 27.2. The molecule has 37 heavy (non-hydrogen) atoms. The van der Waals surface area contributed by atoms with E-state index in [2.05, 4.69) is 39.3 Å². The van der Waals surface area contributed by atoms with Crippen LogP contribution in [-0.4, -0.2) is 27.5 Å². The highest BCUT2D eigenvalue weighted by Gasteiger charge is 2.34. The van der Waals surface area contributed by atoms with E-state index in [4.69, 9.17) is 4.74 Å². The third kappa shape index (κ3) is 7.56. The molecule has 0 spiro atoms. The monoisotopic (exact) mass is 509 g/mol. The van der Waals surface area contributed by atoms with Crippen molar-refractivity contribution in [2.45, 2.75) is 64.8 Å². The summed E-state index contributed by atoms with van der Waals surface area (Å²) in [4.78, 5) is 21.3. The van der Waals surface area contributed by atoms with E-state index in [1.807, 2.05) is 32.0 Å². The fourth-order valence-corrected chi connectivity index (χ4v) is 3.83. The van der Waals surface area contributed by atoms with E-state index in [0.717, 1.165) is 34.4 Å². The SMILES string of the molecule is CC#Cc1cncc(C(Cc2ccc(C)cc2)C(C)NC(=O)C(C)(C)Oc2ccc(C(F)(F)F)cn2)c1. The number of ether oxygens (including phenoxy) is 1. The number of aromatic nitrogens is 2. The molecule has 3 rings (SSSR count). The van der Waals surface area contributed by atoms with Gasteiger partial charge in [-0.3, -0.25) is 9.78 Å². The molecule has 0 saturated heterocycles. The quantitative estimate of drug-likeness (QED) is 0.386. The molecule has 1 N–H and O–H groups in total. The molecule has 2 aromatic heterocycles. The molecule has 0 radical (unpaired) electrons. The second kappa shape index (κ2) is 11.5. The predicted octanol–water partition coefficient (Wildman–Crippen LogP) is 5.86. The van der Waals surface area contributed by atoms with E-state index in [9.17, 15) is 18.0 Å². The fourth-order valence-electron chi connectivity index (χ4n) is 3.83. The van der Waals surface area contributed by atoms with Crippen LogP contribution in [0.1, 0.15) is 61.4 Å². The van der Waals surface area contributed by atoms with Crippen molar-refractivity contribution < 1.29 is 22.7 Å². The van der Waals surface area contributed by atoms with Crippen LogP contribution in [0.3, 0.4) is 0 Å². The van der Waals surface area contributed by atoms with Crippen LogP contribution in [-0.2, 0) is 17.4 Å². The standard InChI is InChI=1S/C29H30F3N3O2/c1-6-7-22-14-23(17-33-16-22)25(15-21-10-8-19(2)9-11-21)20(3)35-27(36)28(4,5)37-26-13-12-24(18-34-26)29(30,31)32/h8-14,16-18,20,25H,15H2,1-5H3,(H,35,36). The Balaban J connectivity index is 1.80. The number of carbonyl (C=O) groups excluding carboxylic acids is 1. The normalized spacial score (nSPS) is 13.2. The molecular weight excluding hydrogens is 479 g/mol. The summed E-state index contributed by atoms with van der Waals surface area (Å²) in [6.07, 6.45) is 0.294. The van der Waals surface area contributed by atoms with Gasteiger partial charge < -0.3 is 10.1 Å². The highest BCUT2D eigenvalue weighted by Crippen LogP contribution is 2.30. The van der Waals surface area contributed by atoms with Crippen LogP contribution in [0.2, 0.25) is 0 Å². The second-order valence-electron chi connectivity index (χ2n) is 9.44. The minimum absolute atomic E-state index is 0.0768. The predicted molar refractivity (Wildman–Crippen MR) is 136 cm³/mol. The van der Waals surface area contributed by atoms with Crippen LogP contribution in [0, 0.1) is 18.8 Å². The van der Waals surface area contributed by atoms with Gasteiger partial charge in [0.1, 0.15) is 0 Å². The molecule has 0 saturated carbocycles. The molecule has 1 aromatic carbocycles. The number of alkyl halides is 3. The van der Waals surface area contributed by atoms with Gasteiger partial charge in [-0.05, 0) is 64.3 Å². The van der Waals surface area contributed by atoms with Gasteiger partial charge in [-0.1, -0.05) is 35.7 Å². The van der Waals surface area contributed by atoms with Crippen molar-refractivity contribution in [3.63, 3.8) is 0 Å². The van der Waals surface area contributed by atoms with Gasteiger partial charge in [0.05, 0.1) is 5.56 Å². The zero-order valence-electron chi connectivity index (χ0n) is 21.5. The Morgan fingerprint density at radius 2 is 1.78 bits per heavy atom. The van der Waals surface area contributed by atoms with E-state index in [1.165, 1.54) is 0 Å². The third-order valence-corrected chi connectivity index (χ3v) is 5.97. The van der Waals surface area contributed by atoms with Crippen LogP contribution in [0.5, 0.6) is 5.88 Å². The molecule has 1 amide bonds. The first kappa shape index (κ1) is 27.7. The van der Waals surface area contributed by atoms with Crippen molar-refractivity contribution in [1.29, 1.82) is 0 Å². The Morgan fingerprint density at radius 3 is 2.38 bits per heavy atom. The van der Waals surface area contributed by atoms with Crippen molar-refractivity contribution in [3.8, 4) is 17.7 Å². The molecule has 0 fully saturated rings. The lowest BCUT2D eigenvalue weighted by atomic mass is 9.86. The average Bonchev–Trinajstić information content (AvgIpc) is 2.83. The van der Waals surface area contributed by atoms with E-state index >= 15 is 0 Å². The highest BCUT2D eigenvalue weighted by molar-refractivity contribution is 5.85. The number of hydrogen-bond donors (Lipinski definition) is 1. The first-order valence-corrected chi connectivity index (χ1v) is 11.9. The number of carbonyl (C=O) groups is 1. The lowest BCUT2D eigenvalue weighted by molar-refractivity contribution is -0.138. The van der Waals surface area contributed by atoms with Gasteiger partial charge in [-0.2, -0.15) is 13.2 Å². The summed E-state index contributed by atoms with van der Waals surface area (Å²) in [6.45, 7) is 8.77. The van der Waals surface area contributed by atoms with E-state index in [0.29, 0.717) is 12.6 Å². The van der Waals surface area contributed by atoms with Crippen LogP contribution in [0.25, 0.3) is 0 Å². The van der Waals surface area contributed by atoms with Crippen LogP contribution < -0.4 is 10.1 Å². The van der Waals surface area contributed by atoms with Crippen LogP contribution >= 0.6 is 0 Å². The number of rotatable bonds is 8. The molecule has 2 atom stereocenters. The summed E-state index contributed by atoms with van der Waals surface area (Å²) in [7, 11) is 0. The van der Waals surface area contributed by atoms with Gasteiger partial charge in [0, 0.05) is 42.2 Å². The van der Waals surface area contributed by atoms with Crippen molar-refractivity contribution in [3.05, 3.63) is 88.9 Å². The first-order chi connectivity index (χ1) is 17.4. The zero-order valence-corrected chi connectivity index (χ0v) is 21.5. The lowest BCUT2D eigenvalue weighted by Gasteiger charge is -2.30. The van der Waals surface area contributed by atoms with Crippen molar-refractivity contribution >= 4 is 5.91 Å². The minimum atomic E-state index is -4.50. The van der Waals surface area contributed by atoms with Crippen LogP contribution in [0.15, 0.2) is 61.1 Å². The van der Waals surface area contributed by atoms with Gasteiger partial charge in [0.15, 0.2) is 5.60 Å². The fraction of sp³-hybridized carbons (Fsp3) is 0.345. The van der Waals surface area contributed by atoms with Gasteiger partial charge >= 0.3 is 6.18 Å². The lowest BCUT2D eigenvalue weighted by Crippen LogP contribution is -2.51. The van der Waals surface area contributed by atoms with Crippen molar-refractivity contribution in [1.82, 2.24) is 15.3 Å². The number of nitrogens with one attached hydrogen (secondary N) is 1. The van der Waals surface area contributed by atoms with E-state index < -0.39 is 23.2 Å². The first-order valence-electron chi connectivity index (χ1n) is 11.9. The second-order valence-corrected chi connectivity index (χ2v) is 9.44. The number of aryl methyl sites for hydroxylation is 1. The Morgan fingerprint density at radius 1 is 1.08 bits per heavy atom.